The Morgan fingerprint density at radius 1 is 1.27 bits per heavy atom. The largest absolute Gasteiger partial charge is 0.306 e. The SMILES string of the molecule is CC(C)[C@H]1C[C@@H](C)CN(C)C1. The van der Waals surface area contributed by atoms with Crippen molar-refractivity contribution in [2.24, 2.45) is 17.8 Å². The Kier molecular flexibility index (Phi) is 2.94. The van der Waals surface area contributed by atoms with E-state index in [4.69, 9.17) is 0 Å². The monoisotopic (exact) mass is 155 g/mol. The molecule has 1 fully saturated rings. The predicted octanol–water partition coefficient (Wildman–Crippen LogP) is 2.23. The molecule has 1 aliphatic heterocycles. The molecule has 1 heterocycles. The van der Waals surface area contributed by atoms with Crippen LogP contribution in [0.2, 0.25) is 0 Å². The highest BCUT2D eigenvalue weighted by Crippen LogP contribution is 2.25. The van der Waals surface area contributed by atoms with Crippen LogP contribution in [0.5, 0.6) is 0 Å². The number of hydrogen-bond donors (Lipinski definition) is 0. The van der Waals surface area contributed by atoms with E-state index in [-0.39, 0.29) is 0 Å². The first-order valence-corrected chi connectivity index (χ1v) is 4.78. The van der Waals surface area contributed by atoms with Crippen molar-refractivity contribution < 1.29 is 0 Å². The predicted molar refractivity (Wildman–Crippen MR) is 49.6 cm³/mol. The highest BCUT2D eigenvalue weighted by molar-refractivity contribution is 4.76. The molecule has 66 valence electrons. The van der Waals surface area contributed by atoms with E-state index in [0.29, 0.717) is 0 Å². The summed E-state index contributed by atoms with van der Waals surface area (Å²) >= 11 is 0. The van der Waals surface area contributed by atoms with E-state index in [0.717, 1.165) is 17.8 Å². The highest BCUT2D eigenvalue weighted by Gasteiger charge is 2.24. The summed E-state index contributed by atoms with van der Waals surface area (Å²) in [5.41, 5.74) is 0. The number of rotatable bonds is 1. The minimum absolute atomic E-state index is 0.861. The molecule has 0 aromatic rings. The fourth-order valence-corrected chi connectivity index (χ4v) is 2.16. The van der Waals surface area contributed by atoms with E-state index in [1.807, 2.05) is 0 Å². The third kappa shape index (κ3) is 2.48. The van der Waals surface area contributed by atoms with Gasteiger partial charge >= 0.3 is 0 Å². The summed E-state index contributed by atoms with van der Waals surface area (Å²) in [6.07, 6.45) is 1.43. The van der Waals surface area contributed by atoms with Gasteiger partial charge in [-0.3, -0.25) is 0 Å². The first-order valence-electron chi connectivity index (χ1n) is 4.78. The van der Waals surface area contributed by atoms with Crippen molar-refractivity contribution in [1.29, 1.82) is 0 Å². The number of likely N-dealkylation sites (tertiary alicyclic amines) is 1. The Morgan fingerprint density at radius 3 is 2.36 bits per heavy atom. The number of nitrogens with zero attached hydrogens (tertiary/aromatic N) is 1. The molecule has 1 heteroatoms. The minimum Gasteiger partial charge on any atom is -0.306 e. The van der Waals surface area contributed by atoms with Crippen LogP contribution in [0.4, 0.5) is 0 Å². The Balaban J connectivity index is 2.43. The molecule has 0 N–H and O–H groups in total. The van der Waals surface area contributed by atoms with Crippen LogP contribution in [0, 0.1) is 17.8 Å². The van der Waals surface area contributed by atoms with Crippen LogP contribution in [0.25, 0.3) is 0 Å². The van der Waals surface area contributed by atoms with Crippen molar-refractivity contribution in [1.82, 2.24) is 4.90 Å². The molecule has 0 bridgehead atoms. The second-order valence-electron chi connectivity index (χ2n) is 4.57. The van der Waals surface area contributed by atoms with Crippen LogP contribution in [-0.4, -0.2) is 25.0 Å². The van der Waals surface area contributed by atoms with Crippen molar-refractivity contribution in [2.45, 2.75) is 27.2 Å². The van der Waals surface area contributed by atoms with E-state index in [9.17, 15) is 0 Å². The number of hydrogen-bond acceptors (Lipinski definition) is 1. The molecule has 1 rings (SSSR count). The molecule has 1 nitrogen and oxygen atoms in total. The van der Waals surface area contributed by atoms with Gasteiger partial charge in [-0.2, -0.15) is 0 Å². The Morgan fingerprint density at radius 2 is 1.91 bits per heavy atom. The van der Waals surface area contributed by atoms with Crippen molar-refractivity contribution in [3.05, 3.63) is 0 Å². The van der Waals surface area contributed by atoms with Crippen LogP contribution in [0.15, 0.2) is 0 Å². The first kappa shape index (κ1) is 9.05. The molecule has 2 atom stereocenters. The summed E-state index contributed by atoms with van der Waals surface area (Å²) in [5.74, 6) is 2.70. The summed E-state index contributed by atoms with van der Waals surface area (Å²) in [6.45, 7) is 9.66. The quantitative estimate of drug-likeness (QED) is 0.561. The van der Waals surface area contributed by atoms with Gasteiger partial charge in [0.25, 0.3) is 0 Å². The van der Waals surface area contributed by atoms with Crippen molar-refractivity contribution in [3.8, 4) is 0 Å². The normalized spacial score (nSPS) is 34.6. The molecule has 11 heavy (non-hydrogen) atoms. The summed E-state index contributed by atoms with van der Waals surface area (Å²) in [5, 5.41) is 0. The Bertz CT molecular complexity index is 110. The third-order valence-electron chi connectivity index (χ3n) is 2.82. The zero-order chi connectivity index (χ0) is 8.43. The molecule has 0 aromatic carbocycles. The standard InChI is InChI=1S/C10H21N/c1-8(2)10-5-9(3)6-11(4)7-10/h8-10H,5-7H2,1-4H3/t9-,10+/m1/s1. The van der Waals surface area contributed by atoms with Gasteiger partial charge in [-0.15, -0.1) is 0 Å². The average molecular weight is 155 g/mol. The van der Waals surface area contributed by atoms with Gasteiger partial charge in [0.2, 0.25) is 0 Å². The first-order chi connectivity index (χ1) is 5.09. The molecule has 0 unspecified atom stereocenters. The van der Waals surface area contributed by atoms with Crippen LogP contribution >= 0.6 is 0 Å². The summed E-state index contributed by atoms with van der Waals surface area (Å²) < 4.78 is 0. The second kappa shape index (κ2) is 3.57. The topological polar surface area (TPSA) is 3.24 Å². The lowest BCUT2D eigenvalue weighted by Crippen LogP contribution is -2.38. The van der Waals surface area contributed by atoms with Gasteiger partial charge in [-0.1, -0.05) is 20.8 Å². The van der Waals surface area contributed by atoms with E-state index in [1.165, 1.54) is 19.5 Å². The van der Waals surface area contributed by atoms with E-state index < -0.39 is 0 Å². The van der Waals surface area contributed by atoms with Crippen molar-refractivity contribution >= 4 is 0 Å². The lowest BCUT2D eigenvalue weighted by atomic mass is 9.83. The summed E-state index contributed by atoms with van der Waals surface area (Å²) in [7, 11) is 2.24. The minimum atomic E-state index is 0.861. The van der Waals surface area contributed by atoms with E-state index in [1.54, 1.807) is 0 Å². The lowest BCUT2D eigenvalue weighted by Gasteiger charge is -2.36. The van der Waals surface area contributed by atoms with E-state index >= 15 is 0 Å². The molecule has 0 amide bonds. The third-order valence-corrected chi connectivity index (χ3v) is 2.82. The Labute approximate surface area is 70.8 Å². The molecule has 0 aliphatic carbocycles. The second-order valence-corrected chi connectivity index (χ2v) is 4.57. The van der Waals surface area contributed by atoms with Gasteiger partial charge in [0.05, 0.1) is 0 Å². The van der Waals surface area contributed by atoms with Crippen LogP contribution in [-0.2, 0) is 0 Å². The van der Waals surface area contributed by atoms with Gasteiger partial charge in [0.1, 0.15) is 0 Å². The van der Waals surface area contributed by atoms with Crippen LogP contribution in [0.1, 0.15) is 27.2 Å². The summed E-state index contributed by atoms with van der Waals surface area (Å²) in [4.78, 5) is 2.47. The van der Waals surface area contributed by atoms with Gasteiger partial charge in [-0.25, -0.2) is 0 Å². The van der Waals surface area contributed by atoms with Crippen molar-refractivity contribution in [2.75, 3.05) is 20.1 Å². The molecular formula is C10H21N. The fourth-order valence-electron chi connectivity index (χ4n) is 2.16. The van der Waals surface area contributed by atoms with E-state index in [2.05, 4.69) is 32.7 Å². The van der Waals surface area contributed by atoms with Crippen LogP contribution < -0.4 is 0 Å². The molecule has 1 saturated heterocycles. The Hall–Kier alpha value is -0.0400. The molecule has 0 saturated carbocycles. The van der Waals surface area contributed by atoms with Gasteiger partial charge in [0, 0.05) is 13.1 Å². The van der Waals surface area contributed by atoms with Crippen LogP contribution in [0.3, 0.4) is 0 Å². The van der Waals surface area contributed by atoms with Gasteiger partial charge in [-0.05, 0) is 31.2 Å². The highest BCUT2D eigenvalue weighted by atomic mass is 15.1. The summed E-state index contributed by atoms with van der Waals surface area (Å²) in [6, 6.07) is 0. The molecular weight excluding hydrogens is 134 g/mol. The van der Waals surface area contributed by atoms with Gasteiger partial charge in [0.15, 0.2) is 0 Å². The lowest BCUT2D eigenvalue weighted by molar-refractivity contribution is 0.131. The zero-order valence-corrected chi connectivity index (χ0v) is 8.30. The maximum atomic E-state index is 2.47. The van der Waals surface area contributed by atoms with Gasteiger partial charge < -0.3 is 4.90 Å². The fraction of sp³-hybridized carbons (Fsp3) is 1.00. The zero-order valence-electron chi connectivity index (χ0n) is 8.30. The molecule has 1 aliphatic rings. The maximum Gasteiger partial charge on any atom is 0.000927 e. The van der Waals surface area contributed by atoms with Crippen molar-refractivity contribution in [3.63, 3.8) is 0 Å². The maximum absolute atomic E-state index is 2.47. The smallest absolute Gasteiger partial charge is 0.000927 e. The molecule has 0 radical (unpaired) electrons. The molecule has 0 spiro atoms. The number of piperidine rings is 1. The molecule has 0 aromatic heterocycles. The average Bonchev–Trinajstić information content (AvgIpc) is 1.85.